The van der Waals surface area contributed by atoms with Crippen LogP contribution >= 0.6 is 0 Å². The van der Waals surface area contributed by atoms with Gasteiger partial charge in [-0.3, -0.25) is 4.79 Å². The third-order valence-corrected chi connectivity index (χ3v) is 6.47. The Hall–Kier alpha value is -4.19. The molecule has 1 atom stereocenters. The van der Waals surface area contributed by atoms with Crippen LogP contribution in [0.25, 0.3) is 22.0 Å². The minimum absolute atomic E-state index is 0.0648. The van der Waals surface area contributed by atoms with Gasteiger partial charge in [0, 0.05) is 43.2 Å². The van der Waals surface area contributed by atoms with Crippen molar-refractivity contribution in [3.63, 3.8) is 0 Å². The van der Waals surface area contributed by atoms with Gasteiger partial charge in [0.25, 0.3) is 0 Å². The van der Waals surface area contributed by atoms with Crippen LogP contribution in [0, 0.1) is 0 Å². The van der Waals surface area contributed by atoms with Crippen molar-refractivity contribution in [1.82, 2.24) is 14.9 Å². The molecule has 35 heavy (non-hydrogen) atoms. The van der Waals surface area contributed by atoms with Crippen molar-refractivity contribution >= 4 is 22.5 Å². The number of rotatable bonds is 6. The number of nitrogens with zero attached hydrogens (tertiary/aromatic N) is 3. The summed E-state index contributed by atoms with van der Waals surface area (Å²) in [5.74, 6) is 1.87. The van der Waals surface area contributed by atoms with Crippen molar-refractivity contribution in [2.45, 2.75) is 19.3 Å². The highest BCUT2D eigenvalue weighted by Crippen LogP contribution is 2.41. The van der Waals surface area contributed by atoms with Gasteiger partial charge in [0.1, 0.15) is 17.8 Å². The van der Waals surface area contributed by atoms with Gasteiger partial charge in [-0.25, -0.2) is 9.97 Å². The number of amides is 1. The molecule has 6 nitrogen and oxygen atoms in total. The molecule has 2 heterocycles. The zero-order valence-corrected chi connectivity index (χ0v) is 19.9. The van der Waals surface area contributed by atoms with Gasteiger partial charge in [0.15, 0.2) is 0 Å². The van der Waals surface area contributed by atoms with E-state index in [2.05, 4.69) is 33.5 Å². The number of fused-ring (bicyclic) bond motifs is 1. The average Bonchev–Trinajstić information content (AvgIpc) is 3.39. The predicted octanol–water partition coefficient (Wildman–Crippen LogP) is 6.02. The van der Waals surface area contributed by atoms with Crippen molar-refractivity contribution in [2.24, 2.45) is 0 Å². The maximum Gasteiger partial charge on any atom is 0.246 e. The molecule has 1 saturated heterocycles. The lowest BCUT2D eigenvalue weighted by molar-refractivity contribution is -0.125. The molecular formula is C29H28N4O2. The molecule has 4 aromatic rings. The molecule has 1 aliphatic heterocycles. The van der Waals surface area contributed by atoms with Crippen molar-refractivity contribution in [3.05, 3.63) is 90.9 Å². The van der Waals surface area contributed by atoms with Crippen LogP contribution in [0.15, 0.2) is 85.3 Å². The molecule has 0 aliphatic carbocycles. The maximum absolute atomic E-state index is 12.4. The second kappa shape index (κ2) is 9.97. The Morgan fingerprint density at radius 2 is 1.89 bits per heavy atom. The minimum Gasteiger partial charge on any atom is -0.457 e. The maximum atomic E-state index is 12.4. The molecule has 0 spiro atoms. The number of allylic oxidation sites excluding steroid dienone is 1. The zero-order valence-electron chi connectivity index (χ0n) is 19.9. The molecule has 5 rings (SSSR count). The van der Waals surface area contributed by atoms with Crippen LogP contribution in [-0.2, 0) is 4.79 Å². The van der Waals surface area contributed by atoms with Crippen LogP contribution < -0.4 is 10.1 Å². The van der Waals surface area contributed by atoms with E-state index in [0.717, 1.165) is 57.7 Å². The number of nitrogens with one attached hydrogen (secondary N) is 1. The monoisotopic (exact) mass is 464 g/mol. The van der Waals surface area contributed by atoms with Crippen LogP contribution in [0.1, 0.15) is 24.8 Å². The number of benzene rings is 3. The van der Waals surface area contributed by atoms with Gasteiger partial charge in [-0.1, -0.05) is 36.4 Å². The minimum atomic E-state index is 0.0648. The number of likely N-dealkylation sites (tertiary alicyclic amines) is 1. The summed E-state index contributed by atoms with van der Waals surface area (Å²) in [5, 5.41) is 4.35. The Bertz CT molecular complexity index is 1370. The molecule has 1 aliphatic rings. The standard InChI is InChI=1S/C29H28N4O2/c1-3-7-27(34)33-15-14-21(18-33)25-16-24(28(30-2)26-17-31-19-32-29(25)26)20-10-12-23(13-11-20)35-22-8-5-4-6-9-22/h3-13,16-17,19,21,30H,14-15,18H2,1-2H3/b7-3+. The highest BCUT2D eigenvalue weighted by molar-refractivity contribution is 6.01. The zero-order chi connectivity index (χ0) is 24.2. The Morgan fingerprint density at radius 1 is 1.11 bits per heavy atom. The number of carbonyl (C=O) groups is 1. The lowest BCUT2D eigenvalue weighted by Crippen LogP contribution is -2.26. The predicted molar refractivity (Wildman–Crippen MR) is 140 cm³/mol. The molecule has 0 radical (unpaired) electrons. The van der Waals surface area contributed by atoms with E-state index in [4.69, 9.17) is 4.74 Å². The quantitative estimate of drug-likeness (QED) is 0.353. The number of para-hydroxylation sites is 1. The number of hydrogen-bond acceptors (Lipinski definition) is 5. The number of anilines is 1. The number of ether oxygens (including phenoxy) is 1. The van der Waals surface area contributed by atoms with Crippen molar-refractivity contribution in [1.29, 1.82) is 0 Å². The fourth-order valence-electron chi connectivity index (χ4n) is 4.78. The molecule has 6 heteroatoms. The summed E-state index contributed by atoms with van der Waals surface area (Å²) in [5.41, 5.74) is 5.22. The number of hydrogen-bond donors (Lipinski definition) is 1. The van der Waals surface area contributed by atoms with E-state index < -0.39 is 0 Å². The molecule has 1 aromatic heterocycles. The summed E-state index contributed by atoms with van der Waals surface area (Å²) in [6, 6.07) is 20.1. The first-order valence-corrected chi connectivity index (χ1v) is 11.9. The highest BCUT2D eigenvalue weighted by Gasteiger charge is 2.29. The molecule has 1 N–H and O–H groups in total. The van der Waals surface area contributed by atoms with E-state index in [9.17, 15) is 4.79 Å². The summed E-state index contributed by atoms with van der Waals surface area (Å²) >= 11 is 0. The number of carbonyl (C=O) groups excluding carboxylic acids is 1. The smallest absolute Gasteiger partial charge is 0.246 e. The van der Waals surface area contributed by atoms with Gasteiger partial charge >= 0.3 is 0 Å². The Labute approximate surface area is 205 Å². The van der Waals surface area contributed by atoms with E-state index in [1.165, 1.54) is 0 Å². The van der Waals surface area contributed by atoms with Crippen molar-refractivity contribution in [2.75, 3.05) is 25.5 Å². The summed E-state index contributed by atoms with van der Waals surface area (Å²) in [6.07, 6.45) is 7.80. The third kappa shape index (κ3) is 4.60. The first-order chi connectivity index (χ1) is 17.2. The van der Waals surface area contributed by atoms with E-state index in [-0.39, 0.29) is 11.8 Å². The third-order valence-electron chi connectivity index (χ3n) is 6.47. The Morgan fingerprint density at radius 3 is 2.63 bits per heavy atom. The molecular weight excluding hydrogens is 436 g/mol. The summed E-state index contributed by atoms with van der Waals surface area (Å²) < 4.78 is 5.98. The van der Waals surface area contributed by atoms with Crippen LogP contribution in [0.5, 0.6) is 11.5 Å². The van der Waals surface area contributed by atoms with Crippen molar-refractivity contribution in [3.8, 4) is 22.6 Å². The second-order valence-electron chi connectivity index (χ2n) is 8.63. The van der Waals surface area contributed by atoms with E-state index in [1.807, 2.05) is 67.5 Å². The lowest BCUT2D eigenvalue weighted by Gasteiger charge is -2.20. The molecule has 3 aromatic carbocycles. The van der Waals surface area contributed by atoms with Gasteiger partial charge in [-0.15, -0.1) is 0 Å². The van der Waals surface area contributed by atoms with E-state index >= 15 is 0 Å². The summed E-state index contributed by atoms with van der Waals surface area (Å²) in [6.45, 7) is 3.30. The fraction of sp³-hybridized carbons (Fsp3) is 0.207. The topological polar surface area (TPSA) is 67.3 Å². The number of aromatic nitrogens is 2. The molecule has 1 amide bonds. The van der Waals surface area contributed by atoms with Gasteiger partial charge in [0.2, 0.25) is 5.91 Å². The van der Waals surface area contributed by atoms with Gasteiger partial charge in [0.05, 0.1) is 11.2 Å². The fourth-order valence-corrected chi connectivity index (χ4v) is 4.78. The van der Waals surface area contributed by atoms with Crippen LogP contribution in [-0.4, -0.2) is 40.9 Å². The first kappa shape index (κ1) is 22.6. The van der Waals surface area contributed by atoms with Gasteiger partial charge < -0.3 is 15.0 Å². The Balaban J connectivity index is 1.53. The van der Waals surface area contributed by atoms with Gasteiger partial charge in [-0.2, -0.15) is 0 Å². The van der Waals surface area contributed by atoms with Crippen LogP contribution in [0.4, 0.5) is 5.69 Å². The molecule has 1 fully saturated rings. The first-order valence-electron chi connectivity index (χ1n) is 11.9. The van der Waals surface area contributed by atoms with E-state index in [1.54, 1.807) is 18.5 Å². The SMILES string of the molecule is C/C=C/C(=O)N1CCC(c2cc(-c3ccc(Oc4ccccc4)cc3)c(NC)c3cncnc23)C1. The normalized spacial score (nSPS) is 15.6. The lowest BCUT2D eigenvalue weighted by atomic mass is 9.90. The van der Waals surface area contributed by atoms with Crippen molar-refractivity contribution < 1.29 is 9.53 Å². The van der Waals surface area contributed by atoms with Crippen LogP contribution in [0.2, 0.25) is 0 Å². The van der Waals surface area contributed by atoms with Crippen LogP contribution in [0.3, 0.4) is 0 Å². The highest BCUT2D eigenvalue weighted by atomic mass is 16.5. The largest absolute Gasteiger partial charge is 0.457 e. The summed E-state index contributed by atoms with van der Waals surface area (Å²) in [7, 11) is 1.92. The molecule has 0 bridgehead atoms. The second-order valence-corrected chi connectivity index (χ2v) is 8.63. The molecule has 176 valence electrons. The average molecular weight is 465 g/mol. The van der Waals surface area contributed by atoms with Gasteiger partial charge in [-0.05, 0) is 60.9 Å². The molecule has 0 saturated carbocycles. The Kier molecular flexibility index (Phi) is 6.44. The van der Waals surface area contributed by atoms with E-state index in [0.29, 0.717) is 6.54 Å². The molecule has 1 unspecified atom stereocenters. The summed E-state index contributed by atoms with van der Waals surface area (Å²) in [4.78, 5) is 23.3.